The minimum absolute atomic E-state index is 0.148. The van der Waals surface area contributed by atoms with Crippen molar-refractivity contribution in [1.82, 2.24) is 5.32 Å². The molecule has 0 spiro atoms. The van der Waals surface area contributed by atoms with Crippen LogP contribution in [0.2, 0.25) is 0 Å². The van der Waals surface area contributed by atoms with Gasteiger partial charge in [0, 0.05) is 26.4 Å². The second-order valence-corrected chi connectivity index (χ2v) is 5.78. The lowest BCUT2D eigenvalue weighted by atomic mass is 10.1. The van der Waals surface area contributed by atoms with Crippen molar-refractivity contribution in [3.8, 4) is 5.75 Å². The zero-order chi connectivity index (χ0) is 18.9. The van der Waals surface area contributed by atoms with Gasteiger partial charge in [-0.25, -0.2) is 4.39 Å². The molecule has 0 saturated carbocycles. The van der Waals surface area contributed by atoms with Gasteiger partial charge in [-0.05, 0) is 30.2 Å². The molecular weight excluding hydrogens is 335 g/mol. The molecule has 2 rings (SSSR count). The lowest BCUT2D eigenvalue weighted by molar-refractivity contribution is -0.121. The van der Waals surface area contributed by atoms with Gasteiger partial charge in [0.25, 0.3) is 0 Å². The third kappa shape index (κ3) is 5.31. The van der Waals surface area contributed by atoms with Crippen molar-refractivity contribution in [2.75, 3.05) is 25.1 Å². The first-order valence-corrected chi connectivity index (χ1v) is 8.44. The number of carbonyl (C=O) groups is 2. The number of hydrogen-bond acceptors (Lipinski definition) is 3. The number of para-hydroxylation sites is 2. The topological polar surface area (TPSA) is 58.6 Å². The second-order valence-electron chi connectivity index (χ2n) is 5.78. The summed E-state index contributed by atoms with van der Waals surface area (Å²) in [6, 6.07) is 13.6. The third-order valence-electron chi connectivity index (χ3n) is 3.99. The summed E-state index contributed by atoms with van der Waals surface area (Å²) in [6.07, 6.45) is 0.566. The lowest BCUT2D eigenvalue weighted by Gasteiger charge is -2.23. The summed E-state index contributed by atoms with van der Waals surface area (Å²) in [5.41, 5.74) is 1.19. The number of carbonyl (C=O) groups excluding carboxylic acids is 2. The smallest absolute Gasteiger partial charge is 0.223 e. The van der Waals surface area contributed by atoms with E-state index in [2.05, 4.69) is 5.32 Å². The Morgan fingerprint density at radius 2 is 1.81 bits per heavy atom. The maximum absolute atomic E-state index is 13.5. The molecule has 6 heteroatoms. The van der Waals surface area contributed by atoms with E-state index in [-0.39, 0.29) is 30.6 Å². The van der Waals surface area contributed by atoms with E-state index in [0.29, 0.717) is 30.0 Å². The maximum atomic E-state index is 13.5. The first-order chi connectivity index (χ1) is 12.5. The van der Waals surface area contributed by atoms with Crippen molar-refractivity contribution in [2.45, 2.75) is 19.8 Å². The second kappa shape index (κ2) is 9.56. The minimum Gasteiger partial charge on any atom is -0.495 e. The number of benzene rings is 2. The SMILES string of the molecule is COc1ccccc1N(CCC(=O)NCCc1ccccc1F)C(C)=O. The molecule has 5 nitrogen and oxygen atoms in total. The van der Waals surface area contributed by atoms with Crippen LogP contribution in [0.5, 0.6) is 5.75 Å². The molecule has 0 aliphatic carbocycles. The number of rotatable bonds is 8. The Bertz CT molecular complexity index is 764. The number of hydrogen-bond donors (Lipinski definition) is 1. The highest BCUT2D eigenvalue weighted by Gasteiger charge is 2.17. The Balaban J connectivity index is 1.88. The van der Waals surface area contributed by atoms with Crippen LogP contribution in [-0.2, 0) is 16.0 Å². The van der Waals surface area contributed by atoms with Crippen molar-refractivity contribution in [3.05, 3.63) is 59.9 Å². The maximum Gasteiger partial charge on any atom is 0.223 e. The van der Waals surface area contributed by atoms with Crippen molar-refractivity contribution in [1.29, 1.82) is 0 Å². The van der Waals surface area contributed by atoms with E-state index in [1.54, 1.807) is 30.3 Å². The van der Waals surface area contributed by atoms with Crippen LogP contribution < -0.4 is 15.0 Å². The van der Waals surface area contributed by atoms with E-state index < -0.39 is 0 Å². The molecule has 0 aliphatic heterocycles. The van der Waals surface area contributed by atoms with Gasteiger partial charge < -0.3 is 15.0 Å². The highest BCUT2D eigenvalue weighted by molar-refractivity contribution is 5.93. The molecule has 0 aliphatic rings. The van der Waals surface area contributed by atoms with Crippen LogP contribution in [0.25, 0.3) is 0 Å². The van der Waals surface area contributed by atoms with Gasteiger partial charge in [0.05, 0.1) is 12.8 Å². The van der Waals surface area contributed by atoms with Gasteiger partial charge in [0.2, 0.25) is 11.8 Å². The quantitative estimate of drug-likeness (QED) is 0.789. The lowest BCUT2D eigenvalue weighted by Crippen LogP contribution is -2.34. The normalized spacial score (nSPS) is 10.3. The summed E-state index contributed by atoms with van der Waals surface area (Å²) in [6.45, 7) is 2.03. The Morgan fingerprint density at radius 3 is 2.50 bits per heavy atom. The third-order valence-corrected chi connectivity index (χ3v) is 3.99. The molecule has 0 saturated heterocycles. The molecule has 0 heterocycles. The van der Waals surface area contributed by atoms with E-state index in [1.165, 1.54) is 25.0 Å². The Labute approximate surface area is 152 Å². The summed E-state index contributed by atoms with van der Waals surface area (Å²) >= 11 is 0. The molecule has 0 atom stereocenters. The van der Waals surface area contributed by atoms with Crippen LogP contribution in [0.1, 0.15) is 18.9 Å². The molecule has 2 aromatic rings. The summed E-state index contributed by atoms with van der Waals surface area (Å²) < 4.78 is 18.8. The number of anilines is 1. The van der Waals surface area contributed by atoms with Gasteiger partial charge >= 0.3 is 0 Å². The Hall–Kier alpha value is -2.89. The largest absolute Gasteiger partial charge is 0.495 e. The first kappa shape index (κ1) is 19.4. The van der Waals surface area contributed by atoms with Crippen molar-refractivity contribution in [3.63, 3.8) is 0 Å². The van der Waals surface area contributed by atoms with Gasteiger partial charge in [0.15, 0.2) is 0 Å². The minimum atomic E-state index is -0.277. The average Bonchev–Trinajstić information content (AvgIpc) is 2.63. The monoisotopic (exact) mass is 358 g/mol. The number of nitrogens with zero attached hydrogens (tertiary/aromatic N) is 1. The zero-order valence-corrected chi connectivity index (χ0v) is 15.0. The fourth-order valence-corrected chi connectivity index (χ4v) is 2.64. The van der Waals surface area contributed by atoms with Crippen LogP contribution in [0.3, 0.4) is 0 Å². The Kier molecular flexibility index (Phi) is 7.14. The fourth-order valence-electron chi connectivity index (χ4n) is 2.64. The zero-order valence-electron chi connectivity index (χ0n) is 15.0. The molecule has 0 unspecified atom stereocenters. The number of halogens is 1. The molecule has 0 aromatic heterocycles. The van der Waals surface area contributed by atoms with Gasteiger partial charge in [-0.1, -0.05) is 30.3 Å². The van der Waals surface area contributed by atoms with Crippen LogP contribution in [-0.4, -0.2) is 32.0 Å². The summed E-state index contributed by atoms with van der Waals surface area (Å²) in [7, 11) is 1.53. The molecular formula is C20H23FN2O3. The Morgan fingerprint density at radius 1 is 1.12 bits per heavy atom. The van der Waals surface area contributed by atoms with E-state index in [9.17, 15) is 14.0 Å². The molecule has 1 N–H and O–H groups in total. The van der Waals surface area contributed by atoms with E-state index in [1.807, 2.05) is 12.1 Å². The number of ether oxygens (including phenoxy) is 1. The molecule has 0 fully saturated rings. The van der Waals surface area contributed by atoms with Crippen LogP contribution in [0, 0.1) is 5.82 Å². The predicted octanol–water partition coefficient (Wildman–Crippen LogP) is 2.94. The molecule has 138 valence electrons. The van der Waals surface area contributed by atoms with Crippen LogP contribution >= 0.6 is 0 Å². The summed E-state index contributed by atoms with van der Waals surface area (Å²) in [5.74, 6) is -0.0699. The molecule has 26 heavy (non-hydrogen) atoms. The summed E-state index contributed by atoms with van der Waals surface area (Å²) in [5, 5.41) is 2.76. The average molecular weight is 358 g/mol. The van der Waals surface area contributed by atoms with Crippen molar-refractivity contribution < 1.29 is 18.7 Å². The summed E-state index contributed by atoms with van der Waals surface area (Å²) in [4.78, 5) is 25.5. The highest BCUT2D eigenvalue weighted by atomic mass is 19.1. The van der Waals surface area contributed by atoms with Crippen LogP contribution in [0.4, 0.5) is 10.1 Å². The van der Waals surface area contributed by atoms with Gasteiger partial charge in [0.1, 0.15) is 11.6 Å². The number of methoxy groups -OCH3 is 1. The van der Waals surface area contributed by atoms with E-state index in [4.69, 9.17) is 4.74 Å². The van der Waals surface area contributed by atoms with Gasteiger partial charge in [-0.15, -0.1) is 0 Å². The standard InChI is InChI=1S/C20H23FN2O3/c1-15(24)23(18-9-5-6-10-19(18)26-2)14-12-20(25)22-13-11-16-7-3-4-8-17(16)21/h3-10H,11-14H2,1-2H3,(H,22,25). The van der Waals surface area contributed by atoms with Crippen molar-refractivity contribution in [2.24, 2.45) is 0 Å². The predicted molar refractivity (Wildman–Crippen MR) is 98.8 cm³/mol. The highest BCUT2D eigenvalue weighted by Crippen LogP contribution is 2.27. The first-order valence-electron chi connectivity index (χ1n) is 8.44. The number of amides is 2. The van der Waals surface area contributed by atoms with E-state index in [0.717, 1.165) is 0 Å². The molecule has 0 bridgehead atoms. The number of nitrogens with one attached hydrogen (secondary N) is 1. The van der Waals surface area contributed by atoms with Gasteiger partial charge in [-0.2, -0.15) is 0 Å². The van der Waals surface area contributed by atoms with Gasteiger partial charge in [-0.3, -0.25) is 9.59 Å². The molecule has 0 radical (unpaired) electrons. The van der Waals surface area contributed by atoms with Crippen molar-refractivity contribution >= 4 is 17.5 Å². The molecule has 2 amide bonds. The molecule has 2 aromatic carbocycles. The van der Waals surface area contributed by atoms with E-state index >= 15 is 0 Å². The van der Waals surface area contributed by atoms with Crippen LogP contribution in [0.15, 0.2) is 48.5 Å². The fraction of sp³-hybridized carbons (Fsp3) is 0.300.